The molecule has 12 nitrogen and oxygen atoms in total. The van der Waals surface area contributed by atoms with Crippen LogP contribution in [0.15, 0.2) is 12.4 Å². The third-order valence-corrected chi connectivity index (χ3v) is 10.8. The maximum Gasteiger partial charge on any atom is 0.412 e. The van der Waals surface area contributed by atoms with Gasteiger partial charge in [-0.05, 0) is 52.2 Å². The third kappa shape index (κ3) is 6.24. The van der Waals surface area contributed by atoms with Crippen molar-refractivity contribution < 1.29 is 28.2 Å². The number of hydrogen-bond donors (Lipinski definition) is 2. The molecule has 7 rings (SSSR count). The van der Waals surface area contributed by atoms with Gasteiger partial charge in [-0.3, -0.25) is 20.1 Å². The minimum atomic E-state index is -0.803. The fraction of sp³-hybridized carbons (Fsp3) is 0.514. The zero-order chi connectivity index (χ0) is 35.5. The minimum absolute atomic E-state index is 0.0444. The van der Waals surface area contributed by atoms with Crippen molar-refractivity contribution >= 4 is 49.4 Å². The average Bonchev–Trinajstić information content (AvgIpc) is 3.79. The molecule has 0 unspecified atom stereocenters. The maximum atomic E-state index is 17.0. The summed E-state index contributed by atoms with van der Waals surface area (Å²) in [5, 5.41) is 23.3. The number of β-amino-alcohol motifs (C(OH)–C–C–N with tert-alkyl or cyclic N) is 1. The Morgan fingerprint density at radius 3 is 2.62 bits per heavy atom. The smallest absolute Gasteiger partial charge is 0.412 e. The van der Waals surface area contributed by atoms with E-state index in [9.17, 15) is 15.2 Å². The highest BCUT2D eigenvalue weighted by molar-refractivity contribution is 7.23. The van der Waals surface area contributed by atoms with Crippen molar-refractivity contribution in [2.45, 2.75) is 78.0 Å². The fourth-order valence-corrected chi connectivity index (χ4v) is 8.52. The molecule has 0 aliphatic carbocycles. The number of anilines is 2. The van der Waals surface area contributed by atoms with Crippen LogP contribution in [0.4, 0.5) is 24.5 Å². The van der Waals surface area contributed by atoms with Crippen LogP contribution < -0.4 is 10.2 Å². The largest absolute Gasteiger partial charge is 0.444 e. The first-order valence-electron chi connectivity index (χ1n) is 16.8. The third-order valence-electron chi connectivity index (χ3n) is 9.69. The highest BCUT2D eigenvalue weighted by atomic mass is 32.1. The van der Waals surface area contributed by atoms with Crippen LogP contribution in [0.5, 0.6) is 0 Å². The van der Waals surface area contributed by atoms with Gasteiger partial charge < -0.3 is 19.5 Å². The molecule has 4 aromatic rings. The molecule has 3 aliphatic heterocycles. The molecule has 2 N–H and O–H groups in total. The maximum absolute atomic E-state index is 17.0. The number of fused-ring (bicyclic) bond motifs is 4. The Balaban J connectivity index is 1.26. The number of nitriles is 1. The summed E-state index contributed by atoms with van der Waals surface area (Å²) in [4.78, 5) is 33.4. The fourth-order valence-electron chi connectivity index (χ4n) is 7.48. The first-order valence-corrected chi connectivity index (χ1v) is 17.7. The van der Waals surface area contributed by atoms with E-state index in [1.165, 1.54) is 0 Å². The van der Waals surface area contributed by atoms with Crippen LogP contribution in [-0.4, -0.2) is 99.0 Å². The van der Waals surface area contributed by atoms with Crippen molar-refractivity contribution in [3.05, 3.63) is 40.7 Å². The van der Waals surface area contributed by atoms with E-state index < -0.39 is 23.3 Å². The number of hydrogen-bond acceptors (Lipinski definition) is 12. The summed E-state index contributed by atoms with van der Waals surface area (Å²) in [6, 6.07) is 2.43. The SMILES string of the molecule is C[C@H](O)CN1CCN([C@H]2CCN(c3ncc4c5c(c(-c6ncc(F)c7sc(NC(=O)OC(C)(C)C)c(C#N)c67)c(F)c4n3)COC5)[C@H]2C)CC1. The van der Waals surface area contributed by atoms with Gasteiger partial charge in [0, 0.05) is 73.9 Å². The van der Waals surface area contributed by atoms with E-state index in [0.717, 1.165) is 50.1 Å². The predicted octanol–water partition coefficient (Wildman–Crippen LogP) is 5.40. The van der Waals surface area contributed by atoms with E-state index in [2.05, 4.69) is 38.0 Å². The second kappa shape index (κ2) is 13.2. The lowest BCUT2D eigenvalue weighted by Gasteiger charge is -2.40. The number of amides is 1. The van der Waals surface area contributed by atoms with Crippen molar-refractivity contribution in [1.29, 1.82) is 5.26 Å². The van der Waals surface area contributed by atoms with Crippen LogP contribution in [0.3, 0.4) is 0 Å². The average molecular weight is 707 g/mol. The van der Waals surface area contributed by atoms with Crippen LogP contribution in [-0.2, 0) is 22.7 Å². The Labute approximate surface area is 292 Å². The molecule has 264 valence electrons. The van der Waals surface area contributed by atoms with Crippen LogP contribution in [0.2, 0.25) is 0 Å². The summed E-state index contributed by atoms with van der Waals surface area (Å²) in [5.74, 6) is -0.955. The molecule has 3 aliphatic rings. The van der Waals surface area contributed by atoms with Crippen molar-refractivity contribution in [1.82, 2.24) is 24.8 Å². The predicted molar refractivity (Wildman–Crippen MR) is 186 cm³/mol. The van der Waals surface area contributed by atoms with Crippen LogP contribution in [0, 0.1) is 23.0 Å². The summed E-state index contributed by atoms with van der Waals surface area (Å²) >= 11 is 0.862. The van der Waals surface area contributed by atoms with E-state index in [1.807, 2.05) is 6.92 Å². The van der Waals surface area contributed by atoms with Crippen LogP contribution in [0.25, 0.3) is 32.2 Å². The number of aliphatic hydroxyl groups is 1. The summed E-state index contributed by atoms with van der Waals surface area (Å²) < 4.78 is 43.5. The number of nitrogens with one attached hydrogen (secondary N) is 1. The molecule has 15 heteroatoms. The van der Waals surface area contributed by atoms with Crippen LogP contribution in [0.1, 0.15) is 57.7 Å². The summed E-state index contributed by atoms with van der Waals surface area (Å²) in [7, 11) is 0. The number of carbonyl (C=O) groups excluding carboxylic acids is 1. The number of piperazine rings is 1. The molecule has 0 bridgehead atoms. The number of rotatable bonds is 6. The number of benzene rings is 1. The molecule has 1 amide bonds. The Kier molecular flexibility index (Phi) is 9.10. The zero-order valence-corrected chi connectivity index (χ0v) is 29.5. The lowest BCUT2D eigenvalue weighted by Crippen LogP contribution is -2.54. The Bertz CT molecular complexity index is 2020. The quantitative estimate of drug-likeness (QED) is 0.267. The molecule has 3 atom stereocenters. The molecule has 3 aromatic heterocycles. The number of thiophene rings is 1. The van der Waals surface area contributed by atoms with E-state index in [-0.39, 0.29) is 68.8 Å². The van der Waals surface area contributed by atoms with Crippen molar-refractivity contribution in [2.75, 3.05) is 49.5 Å². The number of ether oxygens (including phenoxy) is 2. The van der Waals surface area contributed by atoms with Gasteiger partial charge in [-0.25, -0.2) is 23.5 Å². The number of aliphatic hydroxyl groups excluding tert-OH is 1. The van der Waals surface area contributed by atoms with Gasteiger partial charge in [-0.2, -0.15) is 5.26 Å². The molecule has 0 saturated carbocycles. The Hall–Kier alpha value is -4.07. The zero-order valence-electron chi connectivity index (χ0n) is 28.7. The highest BCUT2D eigenvalue weighted by Gasteiger charge is 2.38. The number of aromatic nitrogens is 3. The topological polar surface area (TPSA) is 140 Å². The molecule has 1 aromatic carbocycles. The van der Waals surface area contributed by atoms with Crippen molar-refractivity contribution in [2.24, 2.45) is 0 Å². The first kappa shape index (κ1) is 34.4. The lowest BCUT2D eigenvalue weighted by molar-refractivity contribution is 0.0610. The van der Waals surface area contributed by atoms with Gasteiger partial charge in [0.05, 0.1) is 41.5 Å². The Morgan fingerprint density at radius 2 is 1.92 bits per heavy atom. The van der Waals surface area contributed by atoms with Gasteiger partial charge in [0.25, 0.3) is 0 Å². The molecule has 0 radical (unpaired) electrons. The first-order chi connectivity index (χ1) is 23.8. The summed E-state index contributed by atoms with van der Waals surface area (Å²) in [5.41, 5.74) is 0.647. The van der Waals surface area contributed by atoms with Gasteiger partial charge >= 0.3 is 6.09 Å². The van der Waals surface area contributed by atoms with Crippen LogP contribution >= 0.6 is 11.3 Å². The van der Waals surface area contributed by atoms with Gasteiger partial charge in [-0.1, -0.05) is 0 Å². The lowest BCUT2D eigenvalue weighted by atomic mass is 9.94. The van der Waals surface area contributed by atoms with E-state index >= 15 is 8.78 Å². The molecule has 0 spiro atoms. The molecular formula is C35H40F2N8O4S. The second-order valence-corrected chi connectivity index (χ2v) is 15.3. The summed E-state index contributed by atoms with van der Waals surface area (Å²) in [6.45, 7) is 14.3. The number of nitrogens with zero attached hydrogens (tertiary/aromatic N) is 7. The number of carbonyl (C=O) groups is 1. The minimum Gasteiger partial charge on any atom is -0.444 e. The van der Waals surface area contributed by atoms with E-state index in [4.69, 9.17) is 19.4 Å². The number of pyridine rings is 1. The molecular weight excluding hydrogens is 666 g/mol. The number of halogens is 2. The standard InChI is InChI=1S/C35H40F2N8O4S/c1-18(46)15-43-8-10-44(11-9-43)25-6-7-45(19(25)2)33-40-13-21-22-16-48-17-23(22)26(28(37)29(21)41-33)30-27-20(12-38)32(42-34(47)49-35(3,4)5)50-31(27)24(36)14-39-30/h13-14,18-19,25,46H,6-11,15-17H2,1-5H3,(H,42,47)/t18-,19-,25-/m0/s1. The van der Waals surface area contributed by atoms with Crippen molar-refractivity contribution in [3.63, 3.8) is 0 Å². The van der Waals surface area contributed by atoms with Gasteiger partial charge in [0.15, 0.2) is 11.6 Å². The molecule has 2 fully saturated rings. The molecule has 2 saturated heterocycles. The highest BCUT2D eigenvalue weighted by Crippen LogP contribution is 2.46. The Morgan fingerprint density at radius 1 is 1.18 bits per heavy atom. The second-order valence-electron chi connectivity index (χ2n) is 14.3. The van der Waals surface area contributed by atoms with E-state index in [1.54, 1.807) is 27.0 Å². The normalized spacial score (nSPS) is 20.7. The van der Waals surface area contributed by atoms with Crippen molar-refractivity contribution in [3.8, 4) is 17.3 Å². The molecule has 50 heavy (non-hydrogen) atoms. The van der Waals surface area contributed by atoms with Gasteiger partial charge in [0.1, 0.15) is 22.2 Å². The molecule has 6 heterocycles. The monoisotopic (exact) mass is 706 g/mol. The summed E-state index contributed by atoms with van der Waals surface area (Å²) in [6.07, 6.45) is 2.40. The van der Waals surface area contributed by atoms with Gasteiger partial charge in [0.2, 0.25) is 5.95 Å². The van der Waals surface area contributed by atoms with E-state index in [0.29, 0.717) is 35.6 Å². The van der Waals surface area contributed by atoms with Gasteiger partial charge in [-0.15, -0.1) is 11.3 Å².